The largest absolute Gasteiger partial charge is 0.416 e. The molecular formula is C21H19F3N4O4. The molecule has 168 valence electrons. The van der Waals surface area contributed by atoms with Crippen LogP contribution in [0.1, 0.15) is 23.5 Å². The summed E-state index contributed by atoms with van der Waals surface area (Å²) < 4.78 is 38.8. The molecular weight excluding hydrogens is 429 g/mol. The molecule has 1 atom stereocenters. The predicted octanol–water partition coefficient (Wildman–Crippen LogP) is 3.39. The molecule has 0 aromatic heterocycles. The lowest BCUT2D eigenvalue weighted by Gasteiger charge is -2.38. The summed E-state index contributed by atoms with van der Waals surface area (Å²) in [5.41, 5.74) is -0.301. The number of carbonyl (C=O) groups is 2. The number of halogens is 3. The van der Waals surface area contributed by atoms with Gasteiger partial charge in [-0.1, -0.05) is 18.2 Å². The zero-order valence-electron chi connectivity index (χ0n) is 16.8. The van der Waals surface area contributed by atoms with Gasteiger partial charge >= 0.3 is 6.18 Å². The summed E-state index contributed by atoms with van der Waals surface area (Å²) in [6.07, 6.45) is -4.66. The minimum absolute atomic E-state index is 0.0282. The lowest BCUT2D eigenvalue weighted by Crippen LogP contribution is -2.50. The van der Waals surface area contributed by atoms with E-state index in [1.54, 1.807) is 34.1 Å². The fraction of sp³-hybridized carbons (Fsp3) is 0.333. The number of rotatable bonds is 3. The number of benzene rings is 2. The molecule has 1 unspecified atom stereocenters. The molecule has 2 aromatic rings. The first-order valence-corrected chi connectivity index (χ1v) is 9.93. The van der Waals surface area contributed by atoms with Crippen LogP contribution in [0.15, 0.2) is 42.5 Å². The highest BCUT2D eigenvalue weighted by atomic mass is 19.4. The normalized spacial score (nSPS) is 18.7. The molecule has 8 nitrogen and oxygen atoms in total. The Morgan fingerprint density at radius 2 is 1.78 bits per heavy atom. The molecule has 1 fully saturated rings. The van der Waals surface area contributed by atoms with Crippen LogP contribution in [0.25, 0.3) is 0 Å². The molecule has 4 rings (SSSR count). The van der Waals surface area contributed by atoms with Crippen LogP contribution < -0.4 is 10.2 Å². The number of nitrogens with one attached hydrogen (secondary N) is 1. The van der Waals surface area contributed by atoms with Crippen molar-refractivity contribution in [2.75, 3.05) is 36.4 Å². The average Bonchev–Trinajstić information content (AvgIpc) is 2.77. The zero-order chi connectivity index (χ0) is 23.0. The predicted molar refractivity (Wildman–Crippen MR) is 109 cm³/mol. The molecule has 0 aliphatic carbocycles. The molecule has 0 bridgehead atoms. The van der Waals surface area contributed by atoms with Crippen LogP contribution in [0.5, 0.6) is 0 Å². The van der Waals surface area contributed by atoms with Gasteiger partial charge in [0.1, 0.15) is 5.69 Å². The summed E-state index contributed by atoms with van der Waals surface area (Å²) in [5, 5.41) is 14.1. The molecule has 2 amide bonds. The van der Waals surface area contributed by atoms with E-state index in [0.717, 1.165) is 17.7 Å². The van der Waals surface area contributed by atoms with E-state index in [1.165, 1.54) is 0 Å². The number of amides is 2. The van der Waals surface area contributed by atoms with Crippen molar-refractivity contribution in [3.8, 4) is 0 Å². The van der Waals surface area contributed by atoms with Gasteiger partial charge in [-0.3, -0.25) is 19.7 Å². The summed E-state index contributed by atoms with van der Waals surface area (Å²) in [6.45, 7) is 0.908. The van der Waals surface area contributed by atoms with Gasteiger partial charge in [-0.25, -0.2) is 0 Å². The van der Waals surface area contributed by atoms with Crippen LogP contribution in [0.4, 0.5) is 30.2 Å². The van der Waals surface area contributed by atoms with Crippen molar-refractivity contribution < 1.29 is 27.7 Å². The van der Waals surface area contributed by atoms with Gasteiger partial charge < -0.3 is 15.1 Å². The van der Waals surface area contributed by atoms with Gasteiger partial charge in [0.2, 0.25) is 11.8 Å². The number of anilines is 2. The Kier molecular flexibility index (Phi) is 5.49. The van der Waals surface area contributed by atoms with Crippen molar-refractivity contribution in [3.05, 3.63) is 63.7 Å². The Labute approximate surface area is 180 Å². The lowest BCUT2D eigenvalue weighted by atomic mass is 9.89. The zero-order valence-corrected chi connectivity index (χ0v) is 16.8. The van der Waals surface area contributed by atoms with E-state index in [-0.39, 0.29) is 50.1 Å². The fourth-order valence-electron chi connectivity index (χ4n) is 4.13. The summed E-state index contributed by atoms with van der Waals surface area (Å²) >= 11 is 0. The van der Waals surface area contributed by atoms with Gasteiger partial charge in [0.15, 0.2) is 0 Å². The molecule has 2 aliphatic heterocycles. The molecule has 1 N–H and O–H groups in total. The Hall–Kier alpha value is -3.63. The Bertz CT molecular complexity index is 1080. The Morgan fingerprint density at radius 3 is 2.44 bits per heavy atom. The second-order valence-electron chi connectivity index (χ2n) is 7.66. The smallest absolute Gasteiger partial charge is 0.362 e. The molecule has 0 spiro atoms. The first-order valence-electron chi connectivity index (χ1n) is 9.93. The van der Waals surface area contributed by atoms with E-state index in [0.29, 0.717) is 11.8 Å². The maximum Gasteiger partial charge on any atom is 0.416 e. The van der Waals surface area contributed by atoms with Crippen molar-refractivity contribution in [1.29, 1.82) is 0 Å². The van der Waals surface area contributed by atoms with E-state index in [4.69, 9.17) is 0 Å². The summed E-state index contributed by atoms with van der Waals surface area (Å²) in [6, 6.07) is 9.52. The van der Waals surface area contributed by atoms with Gasteiger partial charge in [0, 0.05) is 44.4 Å². The number of carbonyl (C=O) groups excluding carboxylic acids is 2. The number of alkyl halides is 3. The van der Waals surface area contributed by atoms with Gasteiger partial charge in [-0.15, -0.1) is 0 Å². The summed E-state index contributed by atoms with van der Waals surface area (Å²) in [5.74, 6) is -1.08. The van der Waals surface area contributed by atoms with Crippen LogP contribution in [0, 0.1) is 10.1 Å². The molecule has 0 radical (unpaired) electrons. The second-order valence-corrected chi connectivity index (χ2v) is 7.66. The Morgan fingerprint density at radius 1 is 1.09 bits per heavy atom. The fourth-order valence-corrected chi connectivity index (χ4v) is 4.13. The number of nitro groups is 1. The first kappa shape index (κ1) is 21.6. The molecule has 2 aliphatic rings. The lowest BCUT2D eigenvalue weighted by molar-refractivity contribution is -0.384. The van der Waals surface area contributed by atoms with Crippen molar-refractivity contribution in [2.24, 2.45) is 0 Å². The van der Waals surface area contributed by atoms with E-state index in [9.17, 15) is 32.9 Å². The number of para-hydroxylation sites is 1. The molecule has 32 heavy (non-hydrogen) atoms. The molecule has 2 aromatic carbocycles. The first-order chi connectivity index (χ1) is 15.1. The van der Waals surface area contributed by atoms with Gasteiger partial charge in [0.05, 0.1) is 16.4 Å². The van der Waals surface area contributed by atoms with Crippen molar-refractivity contribution >= 4 is 28.9 Å². The molecule has 2 heterocycles. The summed E-state index contributed by atoms with van der Waals surface area (Å²) in [7, 11) is 0. The van der Waals surface area contributed by atoms with Crippen molar-refractivity contribution in [3.63, 3.8) is 0 Å². The van der Waals surface area contributed by atoms with Crippen molar-refractivity contribution in [2.45, 2.75) is 18.5 Å². The minimum atomic E-state index is -4.68. The monoisotopic (exact) mass is 448 g/mol. The standard InChI is InChI=1S/C21H19F3N4O4/c22-21(23,24)13-5-6-17(18(11-13)28(31)32)26-7-9-27(10-8-26)20(30)15-12-19(29)25-16-4-2-1-3-14(15)16/h1-6,11,15H,7-10,12H2,(H,25,29). The quantitative estimate of drug-likeness (QED) is 0.574. The highest BCUT2D eigenvalue weighted by Crippen LogP contribution is 2.37. The molecule has 1 saturated heterocycles. The van der Waals surface area contributed by atoms with Crippen molar-refractivity contribution in [1.82, 2.24) is 4.90 Å². The van der Waals surface area contributed by atoms with E-state index in [2.05, 4.69) is 5.32 Å². The van der Waals surface area contributed by atoms with Gasteiger partial charge in [-0.05, 0) is 23.8 Å². The highest BCUT2D eigenvalue weighted by Gasteiger charge is 2.36. The highest BCUT2D eigenvalue weighted by molar-refractivity contribution is 6.01. The maximum absolute atomic E-state index is 13.1. The third kappa shape index (κ3) is 4.10. The van der Waals surface area contributed by atoms with E-state index in [1.807, 2.05) is 0 Å². The number of nitrogens with zero attached hydrogens (tertiary/aromatic N) is 3. The SMILES string of the molecule is O=C1CC(C(=O)N2CCN(c3ccc(C(F)(F)F)cc3[N+](=O)[O-])CC2)c2ccccc2N1. The Balaban J connectivity index is 1.50. The van der Waals surface area contributed by atoms with Crippen LogP contribution in [-0.4, -0.2) is 47.8 Å². The third-order valence-corrected chi connectivity index (χ3v) is 5.73. The van der Waals surface area contributed by atoms with E-state index < -0.39 is 28.3 Å². The number of fused-ring (bicyclic) bond motifs is 1. The molecule has 0 saturated carbocycles. The number of nitro benzene ring substituents is 1. The molecule has 11 heteroatoms. The number of hydrogen-bond donors (Lipinski definition) is 1. The summed E-state index contributed by atoms with van der Waals surface area (Å²) in [4.78, 5) is 38.9. The van der Waals surface area contributed by atoms with Gasteiger partial charge in [0.25, 0.3) is 5.69 Å². The second kappa shape index (κ2) is 8.13. The number of hydrogen-bond acceptors (Lipinski definition) is 5. The van der Waals surface area contributed by atoms with Crippen LogP contribution >= 0.6 is 0 Å². The van der Waals surface area contributed by atoms with Gasteiger partial charge in [-0.2, -0.15) is 13.2 Å². The maximum atomic E-state index is 13.1. The number of piperazine rings is 1. The van der Waals surface area contributed by atoms with Crippen LogP contribution in [-0.2, 0) is 15.8 Å². The van der Waals surface area contributed by atoms with Crippen LogP contribution in [0.2, 0.25) is 0 Å². The minimum Gasteiger partial charge on any atom is -0.362 e. The third-order valence-electron chi connectivity index (χ3n) is 5.73. The van der Waals surface area contributed by atoms with E-state index >= 15 is 0 Å². The van der Waals surface area contributed by atoms with Crippen LogP contribution in [0.3, 0.4) is 0 Å². The average molecular weight is 448 g/mol. The topological polar surface area (TPSA) is 95.8 Å².